The first-order chi connectivity index (χ1) is 9.29. The summed E-state index contributed by atoms with van der Waals surface area (Å²) in [6.45, 7) is 0.308. The Bertz CT molecular complexity index is 483. The van der Waals surface area contributed by atoms with Gasteiger partial charge in [0.25, 0.3) is 6.47 Å². The van der Waals surface area contributed by atoms with Crippen molar-refractivity contribution in [3.8, 4) is 11.5 Å². The molecule has 0 aromatic heterocycles. The lowest BCUT2D eigenvalue weighted by atomic mass is 10.1. The normalized spacial score (nSPS) is 16.4. The molecule has 2 rings (SSSR count). The first-order valence-corrected chi connectivity index (χ1v) is 6.58. The van der Waals surface area contributed by atoms with Gasteiger partial charge in [0.15, 0.2) is 11.5 Å². The van der Waals surface area contributed by atoms with E-state index in [4.69, 9.17) is 0 Å². The topological polar surface area (TPSA) is 46.5 Å². The Kier molecular flexibility index (Phi) is 4.78. The first kappa shape index (κ1) is 13.4. The van der Waals surface area contributed by atoms with Crippen LogP contribution in [0.3, 0.4) is 0 Å². The minimum absolute atomic E-state index is 0.0363. The third kappa shape index (κ3) is 3.98. The molecule has 19 heavy (non-hydrogen) atoms. The number of hydrogen-bond acceptors (Lipinski definition) is 3. The lowest BCUT2D eigenvalue weighted by Crippen LogP contribution is -1.89. The molecule has 3 nitrogen and oxygen atoms in total. The number of aromatic hydroxyl groups is 1. The fraction of sp³-hybridized carbons (Fsp3) is 0.312. The summed E-state index contributed by atoms with van der Waals surface area (Å²) in [5.74, 6) is 0.862. The van der Waals surface area contributed by atoms with Crippen LogP contribution < -0.4 is 4.74 Å². The largest absolute Gasteiger partial charge is 0.504 e. The van der Waals surface area contributed by atoms with Crippen LogP contribution in [-0.2, 0) is 4.79 Å². The zero-order valence-electron chi connectivity index (χ0n) is 10.8. The number of rotatable bonds is 5. The van der Waals surface area contributed by atoms with E-state index in [0.717, 1.165) is 11.5 Å². The molecule has 0 unspecified atom stereocenters. The Balaban J connectivity index is 1.97. The third-order valence-electron chi connectivity index (χ3n) is 3.34. The van der Waals surface area contributed by atoms with Gasteiger partial charge in [0.2, 0.25) is 0 Å². The lowest BCUT2D eigenvalue weighted by Gasteiger charge is -2.02. The van der Waals surface area contributed by atoms with Gasteiger partial charge in [0.1, 0.15) is 0 Å². The number of ether oxygens (including phenoxy) is 1. The minimum Gasteiger partial charge on any atom is -0.504 e. The third-order valence-corrected chi connectivity index (χ3v) is 3.34. The Morgan fingerprint density at radius 2 is 2.00 bits per heavy atom. The second-order valence-corrected chi connectivity index (χ2v) is 4.73. The summed E-state index contributed by atoms with van der Waals surface area (Å²) in [4.78, 5) is 10.3. The maximum absolute atomic E-state index is 10.3. The Morgan fingerprint density at radius 1 is 1.21 bits per heavy atom. The monoisotopic (exact) mass is 258 g/mol. The zero-order valence-corrected chi connectivity index (χ0v) is 10.8. The molecule has 0 radical (unpaired) electrons. The molecular formula is C16H18O3. The molecule has 1 aromatic carbocycles. The highest BCUT2D eigenvalue weighted by Crippen LogP contribution is 2.27. The number of phenols is 1. The molecule has 0 aliphatic heterocycles. The molecule has 1 fully saturated rings. The molecule has 0 bridgehead atoms. The molecule has 0 spiro atoms. The summed E-state index contributed by atoms with van der Waals surface area (Å²) >= 11 is 0. The molecule has 0 atom stereocenters. The highest BCUT2D eigenvalue weighted by atomic mass is 16.5. The van der Waals surface area contributed by atoms with Gasteiger partial charge in [-0.1, -0.05) is 43.2 Å². The summed E-state index contributed by atoms with van der Waals surface area (Å²) in [7, 11) is 0. The lowest BCUT2D eigenvalue weighted by molar-refractivity contribution is -0.120. The average Bonchev–Trinajstić information content (AvgIpc) is 2.92. The van der Waals surface area contributed by atoms with E-state index in [2.05, 4.69) is 16.9 Å². The van der Waals surface area contributed by atoms with Crippen LogP contribution >= 0.6 is 0 Å². The van der Waals surface area contributed by atoms with Gasteiger partial charge < -0.3 is 9.84 Å². The Hall–Kier alpha value is -2.03. The predicted octanol–water partition coefficient (Wildman–Crippen LogP) is 3.69. The van der Waals surface area contributed by atoms with Gasteiger partial charge in [0.05, 0.1) is 0 Å². The van der Waals surface area contributed by atoms with E-state index in [9.17, 15) is 9.90 Å². The SMILES string of the molecule is O=COc1cc(/C=C/C=C/C2CCCC2)ccc1O. The van der Waals surface area contributed by atoms with E-state index in [1.54, 1.807) is 12.1 Å². The van der Waals surface area contributed by atoms with Crippen LogP contribution in [0.2, 0.25) is 0 Å². The molecule has 1 N–H and O–H groups in total. The van der Waals surface area contributed by atoms with Gasteiger partial charge in [-0.25, -0.2) is 0 Å². The Morgan fingerprint density at radius 3 is 2.74 bits per heavy atom. The number of phenolic OH excluding ortho intramolecular Hbond substituents is 1. The second kappa shape index (κ2) is 6.78. The maximum atomic E-state index is 10.3. The van der Waals surface area contributed by atoms with Crippen LogP contribution in [-0.4, -0.2) is 11.6 Å². The predicted molar refractivity (Wildman–Crippen MR) is 74.9 cm³/mol. The summed E-state index contributed by atoms with van der Waals surface area (Å²) in [6.07, 6.45) is 13.4. The number of allylic oxidation sites excluding steroid dienone is 3. The van der Waals surface area contributed by atoms with Gasteiger partial charge in [-0.05, 0) is 36.5 Å². The quantitative estimate of drug-likeness (QED) is 0.647. The van der Waals surface area contributed by atoms with Crippen LogP contribution in [0.4, 0.5) is 0 Å². The highest BCUT2D eigenvalue weighted by Gasteiger charge is 2.10. The summed E-state index contributed by atoms with van der Waals surface area (Å²) in [5, 5.41) is 9.46. The van der Waals surface area contributed by atoms with Gasteiger partial charge >= 0.3 is 0 Å². The number of benzene rings is 1. The average molecular weight is 258 g/mol. The first-order valence-electron chi connectivity index (χ1n) is 6.58. The highest BCUT2D eigenvalue weighted by molar-refractivity contribution is 5.59. The van der Waals surface area contributed by atoms with Crippen molar-refractivity contribution in [3.63, 3.8) is 0 Å². The molecule has 0 heterocycles. The van der Waals surface area contributed by atoms with Crippen LogP contribution in [0.5, 0.6) is 11.5 Å². The molecule has 1 saturated carbocycles. The van der Waals surface area contributed by atoms with E-state index in [-0.39, 0.29) is 11.5 Å². The van der Waals surface area contributed by atoms with Crippen LogP contribution in [0.25, 0.3) is 6.08 Å². The van der Waals surface area contributed by atoms with Crippen molar-refractivity contribution in [3.05, 3.63) is 42.0 Å². The fourth-order valence-electron chi connectivity index (χ4n) is 2.32. The number of carbonyl (C=O) groups is 1. The summed E-state index contributed by atoms with van der Waals surface area (Å²) in [6, 6.07) is 4.91. The van der Waals surface area contributed by atoms with E-state index in [1.807, 2.05) is 12.2 Å². The molecule has 100 valence electrons. The van der Waals surface area contributed by atoms with Crippen molar-refractivity contribution >= 4 is 12.5 Å². The number of hydrogen-bond donors (Lipinski definition) is 1. The summed E-state index contributed by atoms with van der Waals surface area (Å²) < 4.78 is 4.68. The van der Waals surface area contributed by atoms with Crippen LogP contribution in [0.1, 0.15) is 31.2 Å². The maximum Gasteiger partial charge on any atom is 0.298 e. The van der Waals surface area contributed by atoms with E-state index in [1.165, 1.54) is 31.7 Å². The Labute approximate surface area is 113 Å². The van der Waals surface area contributed by atoms with E-state index in [0.29, 0.717) is 6.47 Å². The molecule has 1 aliphatic rings. The molecule has 1 aromatic rings. The van der Waals surface area contributed by atoms with Crippen molar-refractivity contribution < 1.29 is 14.6 Å². The van der Waals surface area contributed by atoms with Gasteiger partial charge in [0, 0.05) is 0 Å². The molecule has 1 aliphatic carbocycles. The fourth-order valence-corrected chi connectivity index (χ4v) is 2.32. The summed E-state index contributed by atoms with van der Waals surface area (Å²) in [5.41, 5.74) is 0.880. The zero-order chi connectivity index (χ0) is 13.5. The van der Waals surface area contributed by atoms with E-state index < -0.39 is 0 Å². The van der Waals surface area contributed by atoms with Crippen molar-refractivity contribution in [1.29, 1.82) is 0 Å². The minimum atomic E-state index is -0.0363. The van der Waals surface area contributed by atoms with Crippen molar-refractivity contribution in [2.45, 2.75) is 25.7 Å². The molecule has 0 saturated heterocycles. The van der Waals surface area contributed by atoms with Crippen LogP contribution in [0, 0.1) is 5.92 Å². The van der Waals surface area contributed by atoms with Crippen LogP contribution in [0.15, 0.2) is 36.4 Å². The van der Waals surface area contributed by atoms with Crippen molar-refractivity contribution in [2.75, 3.05) is 0 Å². The van der Waals surface area contributed by atoms with Crippen molar-refractivity contribution in [1.82, 2.24) is 0 Å². The smallest absolute Gasteiger partial charge is 0.298 e. The van der Waals surface area contributed by atoms with E-state index >= 15 is 0 Å². The number of carbonyl (C=O) groups excluding carboxylic acids is 1. The molecule has 3 heteroatoms. The van der Waals surface area contributed by atoms with Gasteiger partial charge in [-0.15, -0.1) is 0 Å². The standard InChI is InChI=1S/C16H18O3/c17-12-19-16-11-14(9-10-15(16)18)8-4-3-7-13-5-1-2-6-13/h3-4,7-13,18H,1-2,5-6H2/b7-3+,8-4+. The molecule has 0 amide bonds. The molecular weight excluding hydrogens is 240 g/mol. The van der Waals surface area contributed by atoms with Gasteiger partial charge in [-0.2, -0.15) is 0 Å². The second-order valence-electron chi connectivity index (χ2n) is 4.73. The van der Waals surface area contributed by atoms with Crippen molar-refractivity contribution in [2.24, 2.45) is 5.92 Å². The van der Waals surface area contributed by atoms with Gasteiger partial charge in [-0.3, -0.25) is 4.79 Å².